The van der Waals surface area contributed by atoms with Gasteiger partial charge in [-0.25, -0.2) is 4.79 Å². The van der Waals surface area contributed by atoms with Gasteiger partial charge >= 0.3 is 5.69 Å². The molecular formula is C19H21N3O3S. The Bertz CT molecular complexity index is 1020. The van der Waals surface area contributed by atoms with Gasteiger partial charge in [0.15, 0.2) is 0 Å². The third kappa shape index (κ3) is 3.35. The summed E-state index contributed by atoms with van der Waals surface area (Å²) in [5.41, 5.74) is 2.21. The van der Waals surface area contributed by atoms with E-state index in [-0.39, 0.29) is 11.6 Å². The second-order valence-electron chi connectivity index (χ2n) is 5.92. The first-order valence-electron chi connectivity index (χ1n) is 8.25. The molecule has 6 nitrogen and oxygen atoms in total. The average molecular weight is 371 g/mol. The molecule has 0 spiro atoms. The van der Waals surface area contributed by atoms with Crippen molar-refractivity contribution >= 4 is 34.4 Å². The van der Waals surface area contributed by atoms with E-state index in [4.69, 9.17) is 4.74 Å². The van der Waals surface area contributed by atoms with E-state index in [1.807, 2.05) is 43.3 Å². The van der Waals surface area contributed by atoms with Crippen molar-refractivity contribution in [1.82, 2.24) is 9.13 Å². The van der Waals surface area contributed by atoms with Crippen LogP contribution < -0.4 is 15.7 Å². The SMILES string of the molecule is CCC(=O)Nc1cc2c(cc1Sc1ccc(OC)cc1)n(C)c(=O)n2C. The van der Waals surface area contributed by atoms with Crippen molar-refractivity contribution in [3.05, 3.63) is 46.9 Å². The minimum Gasteiger partial charge on any atom is -0.497 e. The van der Waals surface area contributed by atoms with Crippen LogP contribution in [0.4, 0.5) is 5.69 Å². The maximum atomic E-state index is 12.2. The molecule has 0 aliphatic heterocycles. The fourth-order valence-corrected chi connectivity index (χ4v) is 3.63. The maximum absolute atomic E-state index is 12.2. The van der Waals surface area contributed by atoms with Gasteiger partial charge in [-0.3, -0.25) is 13.9 Å². The van der Waals surface area contributed by atoms with Gasteiger partial charge in [0.1, 0.15) is 5.75 Å². The largest absolute Gasteiger partial charge is 0.497 e. The van der Waals surface area contributed by atoms with Gasteiger partial charge in [-0.15, -0.1) is 0 Å². The van der Waals surface area contributed by atoms with Crippen molar-refractivity contribution in [1.29, 1.82) is 0 Å². The monoisotopic (exact) mass is 371 g/mol. The van der Waals surface area contributed by atoms with Crippen molar-refractivity contribution in [2.45, 2.75) is 23.1 Å². The molecule has 0 saturated heterocycles. The maximum Gasteiger partial charge on any atom is 0.328 e. The summed E-state index contributed by atoms with van der Waals surface area (Å²) < 4.78 is 8.38. The number of hydrogen-bond acceptors (Lipinski definition) is 4. The lowest BCUT2D eigenvalue weighted by atomic mass is 10.2. The van der Waals surface area contributed by atoms with Crippen LogP contribution in [0.15, 0.2) is 51.0 Å². The molecule has 136 valence electrons. The number of aromatic nitrogens is 2. The summed E-state index contributed by atoms with van der Waals surface area (Å²) in [7, 11) is 5.10. The topological polar surface area (TPSA) is 65.3 Å². The fourth-order valence-electron chi connectivity index (χ4n) is 2.72. The number of methoxy groups -OCH3 is 1. The molecule has 0 aliphatic rings. The minimum atomic E-state index is -0.0978. The van der Waals surface area contributed by atoms with E-state index in [0.717, 1.165) is 26.6 Å². The smallest absolute Gasteiger partial charge is 0.328 e. The molecule has 3 rings (SSSR count). The highest BCUT2D eigenvalue weighted by Gasteiger charge is 2.15. The molecule has 7 heteroatoms. The van der Waals surface area contributed by atoms with Crippen molar-refractivity contribution in [2.75, 3.05) is 12.4 Å². The van der Waals surface area contributed by atoms with Gasteiger partial charge in [-0.05, 0) is 36.4 Å². The van der Waals surface area contributed by atoms with Crippen LogP contribution in [-0.4, -0.2) is 22.2 Å². The molecule has 0 unspecified atom stereocenters. The van der Waals surface area contributed by atoms with Crippen LogP contribution in [0.25, 0.3) is 11.0 Å². The number of rotatable bonds is 5. The van der Waals surface area contributed by atoms with Gasteiger partial charge in [0.05, 0.1) is 23.8 Å². The molecule has 0 aliphatic carbocycles. The first kappa shape index (κ1) is 18.1. The summed E-state index contributed by atoms with van der Waals surface area (Å²) in [6, 6.07) is 11.5. The van der Waals surface area contributed by atoms with E-state index in [1.165, 1.54) is 11.8 Å². The number of anilines is 1. The molecule has 0 radical (unpaired) electrons. The van der Waals surface area contributed by atoms with Gasteiger partial charge < -0.3 is 10.1 Å². The van der Waals surface area contributed by atoms with Gasteiger partial charge in [0, 0.05) is 30.3 Å². The lowest BCUT2D eigenvalue weighted by Crippen LogP contribution is -2.19. The minimum absolute atomic E-state index is 0.0677. The number of nitrogens with zero attached hydrogens (tertiary/aromatic N) is 2. The molecule has 0 bridgehead atoms. The van der Waals surface area contributed by atoms with Gasteiger partial charge in [0.2, 0.25) is 5.91 Å². The number of carbonyl (C=O) groups is 1. The normalized spacial score (nSPS) is 10.9. The number of ether oxygens (including phenoxy) is 1. The van der Waals surface area contributed by atoms with Gasteiger partial charge in [0.25, 0.3) is 0 Å². The summed E-state index contributed by atoms with van der Waals surface area (Å²) >= 11 is 1.53. The van der Waals surface area contributed by atoms with E-state index >= 15 is 0 Å². The second-order valence-corrected chi connectivity index (χ2v) is 7.03. The number of fused-ring (bicyclic) bond motifs is 1. The van der Waals surface area contributed by atoms with E-state index in [9.17, 15) is 9.59 Å². The first-order chi connectivity index (χ1) is 12.4. The number of aryl methyl sites for hydroxylation is 2. The Morgan fingerprint density at radius 3 is 2.31 bits per heavy atom. The van der Waals surface area contributed by atoms with Crippen LogP contribution >= 0.6 is 11.8 Å². The van der Waals surface area contributed by atoms with Crippen molar-refractivity contribution < 1.29 is 9.53 Å². The van der Waals surface area contributed by atoms with Crippen molar-refractivity contribution in [3.63, 3.8) is 0 Å². The molecule has 1 N–H and O–H groups in total. The molecule has 0 fully saturated rings. The number of amides is 1. The predicted octanol–water partition coefficient (Wildman–Crippen LogP) is 3.39. The molecule has 2 aromatic carbocycles. The Kier molecular flexibility index (Phi) is 5.08. The van der Waals surface area contributed by atoms with Crippen LogP contribution in [0.2, 0.25) is 0 Å². The molecular weight excluding hydrogens is 350 g/mol. The number of benzene rings is 2. The number of carbonyl (C=O) groups excluding carboxylic acids is 1. The Morgan fingerprint density at radius 1 is 1.12 bits per heavy atom. The van der Waals surface area contributed by atoms with Gasteiger partial charge in [-0.1, -0.05) is 18.7 Å². The molecule has 26 heavy (non-hydrogen) atoms. The molecule has 1 aromatic heterocycles. The highest BCUT2D eigenvalue weighted by atomic mass is 32.2. The zero-order valence-electron chi connectivity index (χ0n) is 15.2. The van der Waals surface area contributed by atoms with Crippen LogP contribution in [0, 0.1) is 0 Å². The summed E-state index contributed by atoms with van der Waals surface area (Å²) in [6.07, 6.45) is 0.387. The third-order valence-corrected chi connectivity index (χ3v) is 5.32. The molecule has 1 heterocycles. The van der Waals surface area contributed by atoms with Crippen molar-refractivity contribution in [3.8, 4) is 5.75 Å². The lowest BCUT2D eigenvalue weighted by molar-refractivity contribution is -0.115. The number of nitrogens with one attached hydrogen (secondary N) is 1. The summed E-state index contributed by atoms with van der Waals surface area (Å²) in [4.78, 5) is 26.1. The Labute approximate surface area is 155 Å². The van der Waals surface area contributed by atoms with E-state index < -0.39 is 0 Å². The van der Waals surface area contributed by atoms with Crippen LogP contribution in [0.3, 0.4) is 0 Å². The zero-order chi connectivity index (χ0) is 18.8. The number of hydrogen-bond donors (Lipinski definition) is 1. The zero-order valence-corrected chi connectivity index (χ0v) is 16.0. The van der Waals surface area contributed by atoms with E-state index in [1.54, 1.807) is 30.3 Å². The first-order valence-corrected chi connectivity index (χ1v) is 9.07. The Hall–Kier alpha value is -2.67. The Balaban J connectivity index is 2.10. The fraction of sp³-hybridized carbons (Fsp3) is 0.263. The average Bonchev–Trinajstić information content (AvgIpc) is 2.86. The molecule has 0 atom stereocenters. The summed E-state index contributed by atoms with van der Waals surface area (Å²) in [6.45, 7) is 1.81. The third-order valence-electron chi connectivity index (χ3n) is 4.26. The van der Waals surface area contributed by atoms with Crippen LogP contribution in [0.5, 0.6) is 5.75 Å². The van der Waals surface area contributed by atoms with Crippen molar-refractivity contribution in [2.24, 2.45) is 14.1 Å². The second kappa shape index (κ2) is 7.29. The molecule has 3 aromatic rings. The summed E-state index contributed by atoms with van der Waals surface area (Å²) in [5.74, 6) is 0.719. The lowest BCUT2D eigenvalue weighted by Gasteiger charge is -2.12. The Morgan fingerprint density at radius 2 is 1.73 bits per heavy atom. The van der Waals surface area contributed by atoms with Gasteiger partial charge in [-0.2, -0.15) is 0 Å². The van der Waals surface area contributed by atoms with Crippen LogP contribution in [0.1, 0.15) is 13.3 Å². The highest BCUT2D eigenvalue weighted by molar-refractivity contribution is 7.99. The van der Waals surface area contributed by atoms with E-state index in [0.29, 0.717) is 12.1 Å². The van der Waals surface area contributed by atoms with Crippen LogP contribution in [-0.2, 0) is 18.9 Å². The summed E-state index contributed by atoms with van der Waals surface area (Å²) in [5, 5.41) is 2.94. The number of imidazole rings is 1. The van der Waals surface area contributed by atoms with E-state index in [2.05, 4.69) is 5.32 Å². The predicted molar refractivity (Wildman–Crippen MR) is 104 cm³/mol. The molecule has 1 amide bonds. The highest BCUT2D eigenvalue weighted by Crippen LogP contribution is 2.37. The molecule has 0 saturated carbocycles. The standard InChI is InChI=1S/C19H21N3O3S/c1-5-18(23)20-14-10-15-16(22(3)19(24)21(15)2)11-17(14)26-13-8-6-12(25-4)7-9-13/h6-11H,5H2,1-4H3,(H,20,23). The quantitative estimate of drug-likeness (QED) is 0.747.